The first-order chi connectivity index (χ1) is 7.13. The van der Waals surface area contributed by atoms with Crippen molar-refractivity contribution < 1.29 is 5.11 Å². The van der Waals surface area contributed by atoms with E-state index in [-0.39, 0.29) is 0 Å². The first kappa shape index (κ1) is 12.1. The number of aryl methyl sites for hydroxylation is 1. The van der Waals surface area contributed by atoms with Crippen LogP contribution in [0.3, 0.4) is 0 Å². The third kappa shape index (κ3) is 3.92. The summed E-state index contributed by atoms with van der Waals surface area (Å²) in [6.45, 7) is 2.99. The molecule has 0 heterocycles. The Labute approximate surface area is 92.5 Å². The van der Waals surface area contributed by atoms with Gasteiger partial charge in [-0.05, 0) is 38.6 Å². The number of hydrogen-bond acceptors (Lipinski definition) is 2. The minimum Gasteiger partial charge on any atom is -0.508 e. The van der Waals surface area contributed by atoms with Crippen LogP contribution in [0, 0.1) is 0 Å². The lowest BCUT2D eigenvalue weighted by atomic mass is 10.0. The van der Waals surface area contributed by atoms with Crippen molar-refractivity contribution in [3.8, 4) is 5.75 Å². The zero-order valence-corrected chi connectivity index (χ0v) is 9.95. The first-order valence-electron chi connectivity index (χ1n) is 5.59. The van der Waals surface area contributed by atoms with Gasteiger partial charge in [0.05, 0.1) is 0 Å². The highest BCUT2D eigenvalue weighted by Gasteiger charge is 2.03. The number of rotatable bonds is 5. The van der Waals surface area contributed by atoms with Gasteiger partial charge in [-0.3, -0.25) is 0 Å². The van der Waals surface area contributed by atoms with Crippen LogP contribution in [0.1, 0.15) is 30.9 Å². The van der Waals surface area contributed by atoms with Crippen LogP contribution in [0.15, 0.2) is 18.2 Å². The second-order valence-electron chi connectivity index (χ2n) is 4.30. The van der Waals surface area contributed by atoms with Gasteiger partial charge in [-0.25, -0.2) is 0 Å². The van der Waals surface area contributed by atoms with Gasteiger partial charge < -0.3 is 10.0 Å². The molecule has 0 aliphatic carbocycles. The van der Waals surface area contributed by atoms with Crippen molar-refractivity contribution in [1.82, 2.24) is 4.90 Å². The lowest BCUT2D eigenvalue weighted by molar-refractivity contribution is 0.385. The van der Waals surface area contributed by atoms with E-state index >= 15 is 0 Å². The second kappa shape index (κ2) is 5.76. The minimum atomic E-state index is 0.406. The van der Waals surface area contributed by atoms with E-state index in [2.05, 4.69) is 17.9 Å². The average molecular weight is 207 g/mol. The van der Waals surface area contributed by atoms with E-state index < -0.39 is 0 Å². The molecular formula is C13H21NO. The predicted molar refractivity (Wildman–Crippen MR) is 64.1 cm³/mol. The monoisotopic (exact) mass is 207 g/mol. The molecule has 84 valence electrons. The molecule has 0 bridgehead atoms. The Morgan fingerprint density at radius 3 is 2.60 bits per heavy atom. The van der Waals surface area contributed by atoms with E-state index in [1.807, 2.05) is 26.2 Å². The number of benzene rings is 1. The van der Waals surface area contributed by atoms with Gasteiger partial charge in [0.2, 0.25) is 0 Å². The maximum absolute atomic E-state index is 9.68. The van der Waals surface area contributed by atoms with Crippen molar-refractivity contribution in [1.29, 1.82) is 0 Å². The van der Waals surface area contributed by atoms with E-state index in [1.165, 1.54) is 18.4 Å². The number of phenols is 1. The molecule has 0 unspecified atom stereocenters. The molecule has 0 aliphatic heterocycles. The fraction of sp³-hybridized carbons (Fsp3) is 0.538. The number of hydrogen-bond donors (Lipinski definition) is 1. The molecule has 1 rings (SSSR count). The molecule has 0 radical (unpaired) electrons. The molecule has 0 fully saturated rings. The Morgan fingerprint density at radius 2 is 2.00 bits per heavy atom. The normalized spacial score (nSPS) is 10.9. The van der Waals surface area contributed by atoms with Crippen LogP contribution >= 0.6 is 0 Å². The summed E-state index contributed by atoms with van der Waals surface area (Å²) in [6.07, 6.45) is 3.53. The van der Waals surface area contributed by atoms with Gasteiger partial charge in [0.15, 0.2) is 0 Å². The van der Waals surface area contributed by atoms with Gasteiger partial charge in [-0.2, -0.15) is 0 Å². The number of unbranched alkanes of at least 4 members (excludes halogenated alkanes) is 1. The summed E-state index contributed by atoms with van der Waals surface area (Å²) in [5.74, 6) is 0.406. The Bertz CT molecular complexity index is 307. The molecule has 15 heavy (non-hydrogen) atoms. The Morgan fingerprint density at radius 1 is 1.27 bits per heavy atom. The molecule has 0 atom stereocenters. The van der Waals surface area contributed by atoms with Crippen LogP contribution in [0.4, 0.5) is 0 Å². The summed E-state index contributed by atoms with van der Waals surface area (Å²) < 4.78 is 0. The number of nitrogens with zero attached hydrogens (tertiary/aromatic N) is 1. The van der Waals surface area contributed by atoms with Crippen molar-refractivity contribution in [3.63, 3.8) is 0 Å². The molecule has 0 aliphatic rings. The van der Waals surface area contributed by atoms with E-state index in [1.54, 1.807) is 0 Å². The molecule has 1 aromatic rings. The molecule has 2 heteroatoms. The zero-order valence-electron chi connectivity index (χ0n) is 9.95. The lowest BCUT2D eigenvalue weighted by Gasteiger charge is -2.12. The molecule has 2 nitrogen and oxygen atoms in total. The third-order valence-corrected chi connectivity index (χ3v) is 2.45. The number of phenolic OH excluding ortho intramolecular Hbond substituents is 1. The fourth-order valence-corrected chi connectivity index (χ4v) is 1.64. The van der Waals surface area contributed by atoms with Gasteiger partial charge in [-0.1, -0.05) is 25.5 Å². The van der Waals surface area contributed by atoms with Crippen molar-refractivity contribution in [2.24, 2.45) is 0 Å². The van der Waals surface area contributed by atoms with Crippen LogP contribution < -0.4 is 0 Å². The maximum Gasteiger partial charge on any atom is 0.120 e. The summed E-state index contributed by atoms with van der Waals surface area (Å²) in [4.78, 5) is 2.07. The average Bonchev–Trinajstić information content (AvgIpc) is 2.18. The summed E-state index contributed by atoms with van der Waals surface area (Å²) in [6, 6.07) is 5.94. The molecular weight excluding hydrogens is 186 g/mol. The number of aromatic hydroxyl groups is 1. The Balaban J connectivity index is 2.75. The molecule has 1 aromatic carbocycles. The summed E-state index contributed by atoms with van der Waals surface area (Å²) in [7, 11) is 4.02. The summed E-state index contributed by atoms with van der Waals surface area (Å²) in [5, 5.41) is 9.68. The van der Waals surface area contributed by atoms with Crippen LogP contribution in [-0.2, 0) is 13.0 Å². The third-order valence-electron chi connectivity index (χ3n) is 2.45. The van der Waals surface area contributed by atoms with Crippen LogP contribution in [0.25, 0.3) is 0 Å². The van der Waals surface area contributed by atoms with Crippen molar-refractivity contribution in [3.05, 3.63) is 29.3 Å². The van der Waals surface area contributed by atoms with Crippen LogP contribution in [0.5, 0.6) is 5.75 Å². The summed E-state index contributed by atoms with van der Waals surface area (Å²) in [5.41, 5.74) is 2.35. The topological polar surface area (TPSA) is 23.5 Å². The minimum absolute atomic E-state index is 0.406. The van der Waals surface area contributed by atoms with Crippen LogP contribution in [-0.4, -0.2) is 24.1 Å². The molecule has 0 amide bonds. The largest absolute Gasteiger partial charge is 0.508 e. The smallest absolute Gasteiger partial charge is 0.120 e. The second-order valence-corrected chi connectivity index (χ2v) is 4.30. The van der Waals surface area contributed by atoms with Gasteiger partial charge in [0.1, 0.15) is 5.75 Å². The van der Waals surface area contributed by atoms with Gasteiger partial charge in [0, 0.05) is 12.1 Å². The van der Waals surface area contributed by atoms with E-state index in [9.17, 15) is 5.11 Å². The Hall–Kier alpha value is -1.02. The quantitative estimate of drug-likeness (QED) is 0.802. The molecule has 1 N–H and O–H groups in total. The highest BCUT2D eigenvalue weighted by atomic mass is 16.3. The van der Waals surface area contributed by atoms with E-state index in [0.29, 0.717) is 5.75 Å². The van der Waals surface area contributed by atoms with Gasteiger partial charge in [-0.15, -0.1) is 0 Å². The lowest BCUT2D eigenvalue weighted by Crippen LogP contribution is -2.11. The fourth-order valence-electron chi connectivity index (χ4n) is 1.64. The van der Waals surface area contributed by atoms with Crippen LogP contribution in [0.2, 0.25) is 0 Å². The molecule has 0 saturated carbocycles. The molecule has 0 spiro atoms. The maximum atomic E-state index is 9.68. The molecule has 0 saturated heterocycles. The van der Waals surface area contributed by atoms with Gasteiger partial charge in [0.25, 0.3) is 0 Å². The summed E-state index contributed by atoms with van der Waals surface area (Å²) >= 11 is 0. The first-order valence-corrected chi connectivity index (χ1v) is 5.59. The highest BCUT2D eigenvalue weighted by Crippen LogP contribution is 2.20. The van der Waals surface area contributed by atoms with Crippen molar-refractivity contribution in [2.45, 2.75) is 32.7 Å². The van der Waals surface area contributed by atoms with E-state index in [4.69, 9.17) is 0 Å². The SMILES string of the molecule is CCCCc1ccc(O)c(CN(C)C)c1. The van der Waals surface area contributed by atoms with Crippen molar-refractivity contribution >= 4 is 0 Å². The predicted octanol–water partition coefficient (Wildman–Crippen LogP) is 2.80. The highest BCUT2D eigenvalue weighted by molar-refractivity contribution is 5.36. The van der Waals surface area contributed by atoms with Crippen molar-refractivity contribution in [2.75, 3.05) is 14.1 Å². The van der Waals surface area contributed by atoms with Gasteiger partial charge >= 0.3 is 0 Å². The molecule has 0 aromatic heterocycles. The zero-order chi connectivity index (χ0) is 11.3. The van der Waals surface area contributed by atoms with E-state index in [0.717, 1.165) is 18.5 Å². The standard InChI is InChI=1S/C13H21NO/c1-4-5-6-11-7-8-13(15)12(9-11)10-14(2)3/h7-9,15H,4-6,10H2,1-3H3. The Kier molecular flexibility index (Phi) is 4.63.